The minimum Gasteiger partial charge on any atom is -0.467 e. The number of piperidine rings is 1. The van der Waals surface area contributed by atoms with Crippen LogP contribution in [-0.2, 0) is 16.1 Å². The van der Waals surface area contributed by atoms with Crippen molar-refractivity contribution in [2.75, 3.05) is 26.2 Å². The molecule has 2 fully saturated rings. The Morgan fingerprint density at radius 2 is 2.29 bits per heavy atom. The van der Waals surface area contributed by atoms with Crippen LogP contribution < -0.4 is 5.32 Å². The van der Waals surface area contributed by atoms with E-state index in [1.54, 1.807) is 11.2 Å². The molecule has 2 aliphatic heterocycles. The van der Waals surface area contributed by atoms with Crippen molar-refractivity contribution in [3.63, 3.8) is 0 Å². The van der Waals surface area contributed by atoms with Gasteiger partial charge in [0.1, 0.15) is 5.76 Å². The predicted molar refractivity (Wildman–Crippen MR) is 90.1 cm³/mol. The summed E-state index contributed by atoms with van der Waals surface area (Å²) < 4.78 is 5.28. The highest BCUT2D eigenvalue weighted by molar-refractivity contribution is 5.89. The van der Waals surface area contributed by atoms with Crippen LogP contribution >= 0.6 is 0 Å². The second-order valence-electron chi connectivity index (χ2n) is 6.93. The van der Waals surface area contributed by atoms with Crippen molar-refractivity contribution in [1.29, 1.82) is 0 Å². The Morgan fingerprint density at radius 1 is 1.42 bits per heavy atom. The van der Waals surface area contributed by atoms with Gasteiger partial charge in [-0.3, -0.25) is 14.5 Å². The number of rotatable bonds is 6. The number of amides is 2. The van der Waals surface area contributed by atoms with Gasteiger partial charge in [-0.15, -0.1) is 0 Å². The molecule has 3 rings (SSSR count). The molecule has 1 N–H and O–H groups in total. The van der Waals surface area contributed by atoms with Gasteiger partial charge in [0.2, 0.25) is 11.8 Å². The highest BCUT2D eigenvalue weighted by Gasteiger charge is 2.34. The monoisotopic (exact) mass is 333 g/mol. The molecule has 0 bridgehead atoms. The molecule has 6 nitrogen and oxygen atoms in total. The first-order valence-electron chi connectivity index (χ1n) is 8.95. The second kappa shape index (κ2) is 7.83. The SMILES string of the molecule is C[C@H]1CCCCN1CCNC(=O)[C@@H]1CC(=O)N(Cc2ccco2)C1. The molecule has 0 spiro atoms. The van der Waals surface area contributed by atoms with Gasteiger partial charge in [-0.25, -0.2) is 0 Å². The van der Waals surface area contributed by atoms with Crippen LogP contribution in [-0.4, -0.2) is 53.8 Å². The van der Waals surface area contributed by atoms with E-state index >= 15 is 0 Å². The molecule has 2 amide bonds. The van der Waals surface area contributed by atoms with E-state index in [9.17, 15) is 9.59 Å². The van der Waals surface area contributed by atoms with Gasteiger partial charge in [0.05, 0.1) is 18.7 Å². The molecule has 2 aliphatic rings. The lowest BCUT2D eigenvalue weighted by atomic mass is 10.0. The third-order valence-corrected chi connectivity index (χ3v) is 5.15. The van der Waals surface area contributed by atoms with Crippen LogP contribution in [0.1, 0.15) is 38.4 Å². The summed E-state index contributed by atoms with van der Waals surface area (Å²) in [5.74, 6) is 0.529. The van der Waals surface area contributed by atoms with Gasteiger partial charge in [0.25, 0.3) is 0 Å². The topological polar surface area (TPSA) is 65.8 Å². The number of nitrogens with one attached hydrogen (secondary N) is 1. The van der Waals surface area contributed by atoms with Crippen molar-refractivity contribution in [3.05, 3.63) is 24.2 Å². The summed E-state index contributed by atoms with van der Waals surface area (Å²) >= 11 is 0. The zero-order chi connectivity index (χ0) is 16.9. The number of carbonyl (C=O) groups is 2. The van der Waals surface area contributed by atoms with Gasteiger partial charge in [0.15, 0.2) is 0 Å². The summed E-state index contributed by atoms with van der Waals surface area (Å²) in [5, 5.41) is 3.01. The third kappa shape index (κ3) is 4.17. The second-order valence-corrected chi connectivity index (χ2v) is 6.93. The zero-order valence-electron chi connectivity index (χ0n) is 14.4. The Labute approximate surface area is 143 Å². The minimum absolute atomic E-state index is 0.00467. The number of hydrogen-bond acceptors (Lipinski definition) is 4. The van der Waals surface area contributed by atoms with Crippen molar-refractivity contribution in [3.8, 4) is 0 Å². The minimum atomic E-state index is -0.244. The third-order valence-electron chi connectivity index (χ3n) is 5.15. The van der Waals surface area contributed by atoms with E-state index in [-0.39, 0.29) is 17.7 Å². The Hall–Kier alpha value is -1.82. The molecule has 0 aromatic carbocycles. The molecule has 0 saturated carbocycles. The smallest absolute Gasteiger partial charge is 0.225 e. The molecule has 3 heterocycles. The average Bonchev–Trinajstić information content (AvgIpc) is 3.20. The lowest BCUT2D eigenvalue weighted by Crippen LogP contribution is -2.43. The summed E-state index contributed by atoms with van der Waals surface area (Å²) in [4.78, 5) is 28.5. The summed E-state index contributed by atoms with van der Waals surface area (Å²) in [7, 11) is 0. The molecular weight excluding hydrogens is 306 g/mol. The zero-order valence-corrected chi connectivity index (χ0v) is 14.4. The number of furan rings is 1. The summed E-state index contributed by atoms with van der Waals surface area (Å²) in [6, 6.07) is 4.26. The van der Waals surface area contributed by atoms with Crippen molar-refractivity contribution in [1.82, 2.24) is 15.1 Å². The standard InChI is InChI=1S/C18H27N3O3/c1-14-5-2-3-8-20(14)9-7-19-18(23)15-11-17(22)21(12-15)13-16-6-4-10-24-16/h4,6,10,14-15H,2-3,5,7-9,11-13H2,1H3,(H,19,23)/t14-,15+/m0/s1. The lowest BCUT2D eigenvalue weighted by molar-refractivity contribution is -0.129. The Balaban J connectivity index is 1.41. The van der Waals surface area contributed by atoms with Gasteiger partial charge >= 0.3 is 0 Å². The molecule has 1 aromatic rings. The van der Waals surface area contributed by atoms with Gasteiger partial charge in [0, 0.05) is 32.1 Å². The fourth-order valence-corrected chi connectivity index (χ4v) is 3.65. The molecule has 0 radical (unpaired) electrons. The first-order chi connectivity index (χ1) is 11.6. The lowest BCUT2D eigenvalue weighted by Gasteiger charge is -2.33. The molecular formula is C18H27N3O3. The van der Waals surface area contributed by atoms with Crippen LogP contribution in [0.25, 0.3) is 0 Å². The van der Waals surface area contributed by atoms with Crippen molar-refractivity contribution >= 4 is 11.8 Å². The van der Waals surface area contributed by atoms with E-state index in [4.69, 9.17) is 4.42 Å². The number of nitrogens with zero attached hydrogens (tertiary/aromatic N) is 2. The molecule has 2 atom stereocenters. The van der Waals surface area contributed by atoms with Crippen LogP contribution in [0.5, 0.6) is 0 Å². The van der Waals surface area contributed by atoms with Gasteiger partial charge in [-0.1, -0.05) is 6.42 Å². The predicted octanol–water partition coefficient (Wildman–Crippen LogP) is 1.62. The van der Waals surface area contributed by atoms with E-state index in [0.717, 1.165) is 18.8 Å². The van der Waals surface area contributed by atoms with Gasteiger partial charge in [-0.2, -0.15) is 0 Å². The first kappa shape index (κ1) is 17.0. The van der Waals surface area contributed by atoms with Crippen molar-refractivity contribution in [2.45, 2.75) is 45.2 Å². The van der Waals surface area contributed by atoms with E-state index in [0.29, 0.717) is 32.1 Å². The normalized spacial score (nSPS) is 25.2. The molecule has 0 aliphatic carbocycles. The highest BCUT2D eigenvalue weighted by atomic mass is 16.3. The maximum absolute atomic E-state index is 12.3. The molecule has 24 heavy (non-hydrogen) atoms. The van der Waals surface area contributed by atoms with E-state index in [2.05, 4.69) is 17.1 Å². The van der Waals surface area contributed by atoms with Crippen LogP contribution in [0, 0.1) is 5.92 Å². The summed E-state index contributed by atoms with van der Waals surface area (Å²) in [5.41, 5.74) is 0. The van der Waals surface area contributed by atoms with Crippen LogP contribution in [0.3, 0.4) is 0 Å². The number of hydrogen-bond donors (Lipinski definition) is 1. The summed E-state index contributed by atoms with van der Waals surface area (Å²) in [6.45, 7) is 5.85. The molecule has 132 valence electrons. The Morgan fingerprint density at radius 3 is 3.04 bits per heavy atom. The van der Waals surface area contributed by atoms with Crippen molar-refractivity contribution in [2.24, 2.45) is 5.92 Å². The number of carbonyl (C=O) groups excluding carboxylic acids is 2. The van der Waals surface area contributed by atoms with Gasteiger partial charge in [-0.05, 0) is 38.4 Å². The maximum atomic E-state index is 12.3. The first-order valence-corrected chi connectivity index (χ1v) is 8.95. The Bertz CT molecular complexity index is 558. The average molecular weight is 333 g/mol. The van der Waals surface area contributed by atoms with E-state index in [1.807, 2.05) is 12.1 Å². The largest absolute Gasteiger partial charge is 0.467 e. The quantitative estimate of drug-likeness (QED) is 0.859. The van der Waals surface area contributed by atoms with Crippen LogP contribution in [0.15, 0.2) is 22.8 Å². The fraction of sp³-hybridized carbons (Fsp3) is 0.667. The molecule has 6 heteroatoms. The number of likely N-dealkylation sites (tertiary alicyclic amines) is 2. The molecule has 2 saturated heterocycles. The molecule has 1 aromatic heterocycles. The van der Waals surface area contributed by atoms with Crippen molar-refractivity contribution < 1.29 is 14.0 Å². The van der Waals surface area contributed by atoms with Crippen LogP contribution in [0.4, 0.5) is 0 Å². The maximum Gasteiger partial charge on any atom is 0.225 e. The molecule has 0 unspecified atom stereocenters. The highest BCUT2D eigenvalue weighted by Crippen LogP contribution is 2.20. The fourth-order valence-electron chi connectivity index (χ4n) is 3.65. The van der Waals surface area contributed by atoms with Gasteiger partial charge < -0.3 is 14.6 Å². The Kier molecular flexibility index (Phi) is 5.56. The van der Waals surface area contributed by atoms with E-state index in [1.165, 1.54) is 19.3 Å². The summed E-state index contributed by atoms with van der Waals surface area (Å²) in [6.07, 6.45) is 5.69. The van der Waals surface area contributed by atoms with E-state index < -0.39 is 0 Å². The van der Waals surface area contributed by atoms with Crippen LogP contribution in [0.2, 0.25) is 0 Å².